The van der Waals surface area contributed by atoms with Crippen LogP contribution in [-0.4, -0.2) is 46.6 Å². The van der Waals surface area contributed by atoms with E-state index in [0.717, 1.165) is 25.1 Å². The summed E-state index contributed by atoms with van der Waals surface area (Å²) in [5.41, 5.74) is 0.930. The molecular weight excluding hydrogens is 252 g/mol. The van der Waals surface area contributed by atoms with Crippen molar-refractivity contribution in [3.05, 3.63) is 11.8 Å². The summed E-state index contributed by atoms with van der Waals surface area (Å²) in [7, 11) is 2.18. The summed E-state index contributed by atoms with van der Waals surface area (Å²) in [6.07, 6.45) is 2.37. The van der Waals surface area contributed by atoms with Gasteiger partial charge in [-0.1, -0.05) is 0 Å². The Morgan fingerprint density at radius 1 is 1.40 bits per heavy atom. The first-order valence-electron chi connectivity index (χ1n) is 7.43. The van der Waals surface area contributed by atoms with Crippen molar-refractivity contribution < 1.29 is 4.74 Å². The van der Waals surface area contributed by atoms with Gasteiger partial charge in [-0.15, -0.1) is 0 Å². The predicted octanol–water partition coefficient (Wildman–Crippen LogP) is 2.47. The molecule has 20 heavy (non-hydrogen) atoms. The molecule has 0 saturated carbocycles. The van der Waals surface area contributed by atoms with Crippen molar-refractivity contribution in [3.8, 4) is 5.88 Å². The topological polar surface area (TPSA) is 50.3 Å². The van der Waals surface area contributed by atoms with Crippen LogP contribution in [0.4, 0.5) is 5.95 Å². The van der Waals surface area contributed by atoms with Crippen molar-refractivity contribution in [1.29, 1.82) is 0 Å². The molecule has 1 aromatic heterocycles. The Hall–Kier alpha value is -1.36. The zero-order chi connectivity index (χ0) is 14.7. The van der Waals surface area contributed by atoms with Gasteiger partial charge < -0.3 is 15.0 Å². The number of nitrogens with zero attached hydrogens (tertiary/aromatic N) is 3. The Morgan fingerprint density at radius 3 is 2.80 bits per heavy atom. The van der Waals surface area contributed by atoms with Crippen LogP contribution in [0.2, 0.25) is 0 Å². The van der Waals surface area contributed by atoms with Gasteiger partial charge in [-0.25, -0.2) is 4.98 Å². The quantitative estimate of drug-likeness (QED) is 0.917. The molecule has 2 rings (SSSR count). The first-order valence-corrected chi connectivity index (χ1v) is 7.43. The van der Waals surface area contributed by atoms with E-state index in [0.29, 0.717) is 23.9 Å². The van der Waals surface area contributed by atoms with Gasteiger partial charge in [0.25, 0.3) is 0 Å². The van der Waals surface area contributed by atoms with Crippen LogP contribution < -0.4 is 10.1 Å². The number of aryl methyl sites for hydroxylation is 1. The van der Waals surface area contributed by atoms with Crippen molar-refractivity contribution in [2.75, 3.05) is 18.9 Å². The van der Waals surface area contributed by atoms with Crippen LogP contribution in [0, 0.1) is 6.92 Å². The average molecular weight is 278 g/mol. The normalized spacial score (nSPS) is 23.9. The highest BCUT2D eigenvalue weighted by atomic mass is 16.5. The van der Waals surface area contributed by atoms with Crippen molar-refractivity contribution in [1.82, 2.24) is 14.9 Å². The van der Waals surface area contributed by atoms with Gasteiger partial charge in [0.15, 0.2) is 0 Å². The van der Waals surface area contributed by atoms with Crippen molar-refractivity contribution in [2.24, 2.45) is 0 Å². The summed E-state index contributed by atoms with van der Waals surface area (Å²) < 4.78 is 5.66. The molecule has 0 bridgehead atoms. The molecule has 0 spiro atoms. The Balaban J connectivity index is 2.03. The molecule has 5 heteroatoms. The fourth-order valence-electron chi connectivity index (χ4n) is 2.51. The van der Waals surface area contributed by atoms with Crippen LogP contribution in [0.1, 0.15) is 39.3 Å². The highest BCUT2D eigenvalue weighted by molar-refractivity contribution is 5.32. The lowest BCUT2D eigenvalue weighted by Crippen LogP contribution is -2.42. The lowest BCUT2D eigenvalue weighted by Gasteiger charge is -2.35. The second-order valence-electron chi connectivity index (χ2n) is 6.03. The van der Waals surface area contributed by atoms with Crippen LogP contribution in [0.15, 0.2) is 6.07 Å². The second-order valence-corrected chi connectivity index (χ2v) is 6.03. The Kier molecular flexibility index (Phi) is 4.81. The molecule has 112 valence electrons. The van der Waals surface area contributed by atoms with E-state index in [1.54, 1.807) is 0 Å². The maximum atomic E-state index is 5.66. The molecule has 1 fully saturated rings. The minimum Gasteiger partial charge on any atom is -0.475 e. The smallest absolute Gasteiger partial charge is 0.226 e. The molecule has 2 heterocycles. The number of aromatic nitrogens is 2. The van der Waals surface area contributed by atoms with E-state index in [1.165, 1.54) is 0 Å². The number of hydrogen-bond acceptors (Lipinski definition) is 5. The second kappa shape index (κ2) is 6.39. The molecule has 1 N–H and O–H groups in total. The molecule has 1 aliphatic rings. The van der Waals surface area contributed by atoms with Crippen LogP contribution in [0.5, 0.6) is 5.88 Å². The molecule has 1 saturated heterocycles. The summed E-state index contributed by atoms with van der Waals surface area (Å²) in [6, 6.07) is 2.91. The van der Waals surface area contributed by atoms with Crippen molar-refractivity contribution in [2.45, 2.75) is 58.7 Å². The lowest BCUT2D eigenvalue weighted by molar-refractivity contribution is 0.189. The van der Waals surface area contributed by atoms with Crippen LogP contribution in [-0.2, 0) is 0 Å². The third-order valence-corrected chi connectivity index (χ3v) is 3.73. The van der Waals surface area contributed by atoms with Crippen LogP contribution in [0.25, 0.3) is 0 Å². The maximum Gasteiger partial charge on any atom is 0.226 e. The first-order chi connectivity index (χ1) is 9.44. The summed E-state index contributed by atoms with van der Waals surface area (Å²) in [5.74, 6) is 1.33. The predicted molar refractivity (Wildman–Crippen MR) is 81.3 cm³/mol. The summed E-state index contributed by atoms with van der Waals surface area (Å²) in [4.78, 5) is 11.3. The molecule has 0 radical (unpaired) electrons. The first kappa shape index (κ1) is 15.0. The molecule has 0 aliphatic carbocycles. The number of piperidine rings is 1. The van der Waals surface area contributed by atoms with E-state index >= 15 is 0 Å². The fourth-order valence-corrected chi connectivity index (χ4v) is 2.51. The molecule has 2 atom stereocenters. The van der Waals surface area contributed by atoms with Crippen LogP contribution >= 0.6 is 0 Å². The number of likely N-dealkylation sites (tertiary alicyclic amines) is 1. The number of ether oxygens (including phenoxy) is 1. The number of anilines is 1. The zero-order valence-corrected chi connectivity index (χ0v) is 13.2. The van der Waals surface area contributed by atoms with Gasteiger partial charge in [-0.3, -0.25) is 0 Å². The zero-order valence-electron chi connectivity index (χ0n) is 13.2. The third kappa shape index (κ3) is 4.07. The molecule has 0 aromatic carbocycles. The Morgan fingerprint density at radius 2 is 2.15 bits per heavy atom. The number of nitrogens with one attached hydrogen (secondary N) is 1. The van der Waals surface area contributed by atoms with Crippen LogP contribution in [0.3, 0.4) is 0 Å². The maximum absolute atomic E-state index is 5.66. The standard InChI is InChI=1S/C15H26N4O/c1-10(2)20-14-8-11(3)16-15(18-14)17-13-6-7-19(5)12(4)9-13/h8,10,12-13H,6-7,9H2,1-5H3,(H,16,17,18). The highest BCUT2D eigenvalue weighted by Gasteiger charge is 2.23. The van der Waals surface area contributed by atoms with Gasteiger partial charge in [0, 0.05) is 30.4 Å². The van der Waals surface area contributed by atoms with Gasteiger partial charge >= 0.3 is 0 Å². The minimum absolute atomic E-state index is 0.125. The summed E-state index contributed by atoms with van der Waals surface area (Å²) >= 11 is 0. The number of hydrogen-bond donors (Lipinski definition) is 1. The van der Waals surface area contributed by atoms with E-state index in [4.69, 9.17) is 4.74 Å². The largest absolute Gasteiger partial charge is 0.475 e. The van der Waals surface area contributed by atoms with Crippen molar-refractivity contribution in [3.63, 3.8) is 0 Å². The molecule has 1 aliphatic heterocycles. The molecular formula is C15H26N4O. The molecule has 0 amide bonds. The van der Waals surface area contributed by atoms with Gasteiger partial charge in [0.1, 0.15) is 0 Å². The van der Waals surface area contributed by atoms with Gasteiger partial charge in [0.05, 0.1) is 6.10 Å². The van der Waals surface area contributed by atoms with Gasteiger partial charge in [0.2, 0.25) is 11.8 Å². The summed E-state index contributed by atoms with van der Waals surface area (Å²) in [5, 5.41) is 3.46. The van der Waals surface area contributed by atoms with E-state index in [9.17, 15) is 0 Å². The summed E-state index contributed by atoms with van der Waals surface area (Å²) in [6.45, 7) is 9.35. The van der Waals surface area contributed by atoms with Crippen molar-refractivity contribution >= 4 is 5.95 Å². The van der Waals surface area contributed by atoms with E-state index < -0.39 is 0 Å². The van der Waals surface area contributed by atoms with E-state index in [1.807, 2.05) is 26.8 Å². The van der Waals surface area contributed by atoms with Gasteiger partial charge in [-0.2, -0.15) is 4.98 Å². The third-order valence-electron chi connectivity index (χ3n) is 3.73. The number of rotatable bonds is 4. The Labute approximate surface area is 121 Å². The highest BCUT2D eigenvalue weighted by Crippen LogP contribution is 2.20. The fraction of sp³-hybridized carbons (Fsp3) is 0.733. The molecule has 2 unspecified atom stereocenters. The minimum atomic E-state index is 0.125. The van der Waals surface area contributed by atoms with E-state index in [2.05, 4.69) is 34.2 Å². The van der Waals surface area contributed by atoms with E-state index in [-0.39, 0.29) is 6.10 Å². The molecule has 1 aromatic rings. The van der Waals surface area contributed by atoms with Gasteiger partial charge in [-0.05, 0) is 47.6 Å². The average Bonchev–Trinajstić information content (AvgIpc) is 2.32. The lowest BCUT2D eigenvalue weighted by atomic mass is 9.99. The SMILES string of the molecule is Cc1cc(OC(C)C)nc(NC2CCN(C)C(C)C2)n1. The monoisotopic (exact) mass is 278 g/mol. The molecule has 5 nitrogen and oxygen atoms in total. The Bertz CT molecular complexity index is 449.